The zero-order valence-electron chi connectivity index (χ0n) is 19.7. The Labute approximate surface area is 208 Å². The standard InChI is InChI=1S/C23H27N5O5S2/c1-16(34-23-26-25-21(27(23)2)19-6-4-5-7-20(19)32-3)22(29)24-17-8-10-18(11-9-17)35(30,31)28-12-14-33-15-13-28/h4-11,16H,12-15H2,1-3H3,(H,24,29)/t16-/m0/s1. The molecule has 1 aromatic heterocycles. The van der Waals surface area contributed by atoms with Gasteiger partial charge in [0.2, 0.25) is 15.9 Å². The van der Waals surface area contributed by atoms with Crippen LogP contribution in [0.1, 0.15) is 6.92 Å². The van der Waals surface area contributed by atoms with Crippen molar-refractivity contribution in [2.24, 2.45) is 7.05 Å². The predicted octanol–water partition coefficient (Wildman–Crippen LogP) is 2.63. The molecule has 1 saturated heterocycles. The number of para-hydroxylation sites is 1. The molecule has 1 amide bonds. The van der Waals surface area contributed by atoms with E-state index in [1.54, 1.807) is 26.2 Å². The molecular formula is C23H27N5O5S2. The lowest BCUT2D eigenvalue weighted by Crippen LogP contribution is -2.40. The minimum atomic E-state index is -3.59. The molecule has 12 heteroatoms. The van der Waals surface area contributed by atoms with Gasteiger partial charge in [-0.2, -0.15) is 4.31 Å². The van der Waals surface area contributed by atoms with Crippen LogP contribution in [0.3, 0.4) is 0 Å². The molecule has 0 aliphatic carbocycles. The summed E-state index contributed by atoms with van der Waals surface area (Å²) in [6.07, 6.45) is 0. The topological polar surface area (TPSA) is 116 Å². The molecule has 2 heterocycles. The summed E-state index contributed by atoms with van der Waals surface area (Å²) in [5.74, 6) is 1.08. The number of hydrogen-bond acceptors (Lipinski definition) is 8. The molecule has 0 spiro atoms. The summed E-state index contributed by atoms with van der Waals surface area (Å²) in [6.45, 7) is 3.20. The number of nitrogens with zero attached hydrogens (tertiary/aromatic N) is 4. The maximum atomic E-state index is 12.8. The van der Waals surface area contributed by atoms with Crippen molar-refractivity contribution in [3.05, 3.63) is 48.5 Å². The first-order valence-electron chi connectivity index (χ1n) is 11.0. The van der Waals surface area contributed by atoms with E-state index in [1.165, 1.54) is 28.2 Å². The van der Waals surface area contributed by atoms with Gasteiger partial charge in [-0.1, -0.05) is 23.9 Å². The number of methoxy groups -OCH3 is 1. The zero-order chi connectivity index (χ0) is 25.0. The fraction of sp³-hybridized carbons (Fsp3) is 0.348. The van der Waals surface area contributed by atoms with Crippen molar-refractivity contribution >= 4 is 33.4 Å². The lowest BCUT2D eigenvalue weighted by Gasteiger charge is -2.26. The van der Waals surface area contributed by atoms with Crippen LogP contribution in [0.15, 0.2) is 58.6 Å². The quantitative estimate of drug-likeness (QED) is 0.454. The minimum absolute atomic E-state index is 0.183. The van der Waals surface area contributed by atoms with Gasteiger partial charge < -0.3 is 19.4 Å². The van der Waals surface area contributed by atoms with Crippen LogP contribution in [0, 0.1) is 0 Å². The number of aromatic nitrogens is 3. The normalized spacial score (nSPS) is 15.5. The van der Waals surface area contributed by atoms with Crippen molar-refractivity contribution in [1.82, 2.24) is 19.1 Å². The van der Waals surface area contributed by atoms with E-state index in [4.69, 9.17) is 9.47 Å². The molecule has 1 fully saturated rings. The summed E-state index contributed by atoms with van der Waals surface area (Å²) < 4.78 is 39.4. The smallest absolute Gasteiger partial charge is 0.243 e. The molecule has 4 rings (SSSR count). The highest BCUT2D eigenvalue weighted by Crippen LogP contribution is 2.31. The van der Waals surface area contributed by atoms with E-state index in [2.05, 4.69) is 15.5 Å². The van der Waals surface area contributed by atoms with Gasteiger partial charge in [0.1, 0.15) is 5.75 Å². The Kier molecular flexibility index (Phi) is 7.75. The first-order valence-corrected chi connectivity index (χ1v) is 13.3. The van der Waals surface area contributed by atoms with Gasteiger partial charge in [-0.15, -0.1) is 10.2 Å². The third-order valence-corrected chi connectivity index (χ3v) is 8.61. The van der Waals surface area contributed by atoms with Gasteiger partial charge in [-0.3, -0.25) is 4.79 Å². The maximum Gasteiger partial charge on any atom is 0.243 e. The Morgan fingerprint density at radius 1 is 1.11 bits per heavy atom. The van der Waals surface area contributed by atoms with Gasteiger partial charge in [-0.05, 0) is 43.3 Å². The van der Waals surface area contributed by atoms with Crippen molar-refractivity contribution in [1.29, 1.82) is 0 Å². The molecule has 3 aromatic rings. The van der Waals surface area contributed by atoms with Crippen LogP contribution < -0.4 is 10.1 Å². The van der Waals surface area contributed by atoms with Crippen molar-refractivity contribution < 1.29 is 22.7 Å². The van der Waals surface area contributed by atoms with E-state index >= 15 is 0 Å². The molecule has 35 heavy (non-hydrogen) atoms. The van der Waals surface area contributed by atoms with Crippen LogP contribution in [-0.2, 0) is 26.6 Å². The number of sulfonamides is 1. The number of carbonyl (C=O) groups is 1. The monoisotopic (exact) mass is 517 g/mol. The van der Waals surface area contributed by atoms with E-state index in [0.717, 1.165) is 5.56 Å². The predicted molar refractivity (Wildman–Crippen MR) is 133 cm³/mol. The molecule has 1 aliphatic rings. The molecule has 2 aromatic carbocycles. The number of rotatable bonds is 8. The van der Waals surface area contributed by atoms with E-state index in [-0.39, 0.29) is 10.8 Å². The highest BCUT2D eigenvalue weighted by Gasteiger charge is 2.26. The maximum absolute atomic E-state index is 12.8. The van der Waals surface area contributed by atoms with E-state index < -0.39 is 15.3 Å². The van der Waals surface area contributed by atoms with Crippen molar-refractivity contribution in [2.45, 2.75) is 22.2 Å². The molecule has 0 radical (unpaired) electrons. The zero-order valence-corrected chi connectivity index (χ0v) is 21.3. The second kappa shape index (κ2) is 10.8. The summed E-state index contributed by atoms with van der Waals surface area (Å²) in [6, 6.07) is 13.7. The van der Waals surface area contributed by atoms with Gasteiger partial charge >= 0.3 is 0 Å². The Hall–Kier alpha value is -2.93. The molecule has 1 N–H and O–H groups in total. The van der Waals surface area contributed by atoms with Crippen LogP contribution in [0.4, 0.5) is 5.69 Å². The first-order chi connectivity index (χ1) is 16.8. The summed E-state index contributed by atoms with van der Waals surface area (Å²) in [5.41, 5.74) is 1.32. The Balaban J connectivity index is 1.41. The Bertz CT molecular complexity index is 1290. The van der Waals surface area contributed by atoms with E-state index in [1.807, 2.05) is 35.9 Å². The number of anilines is 1. The van der Waals surface area contributed by atoms with Gasteiger partial charge in [0.25, 0.3) is 0 Å². The molecule has 1 atom stereocenters. The van der Waals surface area contributed by atoms with Crippen molar-refractivity contribution in [3.63, 3.8) is 0 Å². The molecule has 0 saturated carbocycles. The van der Waals surface area contributed by atoms with Gasteiger partial charge in [0, 0.05) is 25.8 Å². The van der Waals surface area contributed by atoms with Crippen LogP contribution in [0.2, 0.25) is 0 Å². The lowest BCUT2D eigenvalue weighted by molar-refractivity contribution is -0.115. The molecular weight excluding hydrogens is 490 g/mol. The van der Waals surface area contributed by atoms with Gasteiger partial charge in [0.15, 0.2) is 11.0 Å². The summed E-state index contributed by atoms with van der Waals surface area (Å²) in [4.78, 5) is 13.0. The Morgan fingerprint density at radius 3 is 2.49 bits per heavy atom. The summed E-state index contributed by atoms with van der Waals surface area (Å²) in [5, 5.41) is 11.5. The number of benzene rings is 2. The molecule has 0 unspecified atom stereocenters. The van der Waals surface area contributed by atoms with Crippen molar-refractivity contribution in [3.8, 4) is 17.1 Å². The van der Waals surface area contributed by atoms with Crippen LogP contribution >= 0.6 is 11.8 Å². The first kappa shape index (κ1) is 25.2. The highest BCUT2D eigenvalue weighted by molar-refractivity contribution is 8.00. The highest BCUT2D eigenvalue weighted by atomic mass is 32.2. The number of thioether (sulfide) groups is 1. The largest absolute Gasteiger partial charge is 0.496 e. The van der Waals surface area contributed by atoms with E-state index in [9.17, 15) is 13.2 Å². The summed E-state index contributed by atoms with van der Waals surface area (Å²) in [7, 11) is -0.150. The third kappa shape index (κ3) is 5.50. The molecule has 10 nitrogen and oxygen atoms in total. The van der Waals surface area contributed by atoms with Crippen LogP contribution in [-0.4, -0.2) is 72.1 Å². The van der Waals surface area contributed by atoms with Crippen molar-refractivity contribution in [2.75, 3.05) is 38.7 Å². The number of morpholine rings is 1. The van der Waals surface area contributed by atoms with Crippen LogP contribution in [0.5, 0.6) is 5.75 Å². The lowest BCUT2D eigenvalue weighted by atomic mass is 10.2. The van der Waals surface area contributed by atoms with Gasteiger partial charge in [0.05, 0.1) is 36.0 Å². The third-order valence-electron chi connectivity index (χ3n) is 5.56. The minimum Gasteiger partial charge on any atom is -0.496 e. The summed E-state index contributed by atoms with van der Waals surface area (Å²) >= 11 is 1.27. The molecule has 1 aliphatic heterocycles. The van der Waals surface area contributed by atoms with E-state index in [0.29, 0.717) is 48.7 Å². The number of hydrogen-bond donors (Lipinski definition) is 1. The number of nitrogens with one attached hydrogen (secondary N) is 1. The number of amides is 1. The molecule has 186 valence electrons. The second-order valence-electron chi connectivity index (χ2n) is 7.86. The Morgan fingerprint density at radius 2 is 1.80 bits per heavy atom. The average Bonchev–Trinajstić information content (AvgIpc) is 3.24. The average molecular weight is 518 g/mol. The molecule has 0 bridgehead atoms. The SMILES string of the molecule is COc1ccccc1-c1nnc(S[C@@H](C)C(=O)Nc2ccc(S(=O)(=O)N3CCOCC3)cc2)n1C. The fourth-order valence-corrected chi connectivity index (χ4v) is 5.81. The number of ether oxygens (including phenoxy) is 2. The second-order valence-corrected chi connectivity index (χ2v) is 11.1. The number of carbonyl (C=O) groups excluding carboxylic acids is 1. The van der Waals surface area contributed by atoms with Gasteiger partial charge in [-0.25, -0.2) is 8.42 Å². The van der Waals surface area contributed by atoms with Crippen LogP contribution in [0.25, 0.3) is 11.4 Å². The fourth-order valence-electron chi connectivity index (χ4n) is 3.58.